The molecule has 6 atom stereocenters. The molecule has 1 heterocycles. The number of halogens is 2. The number of amides is 3. The van der Waals surface area contributed by atoms with E-state index in [-0.39, 0.29) is 63.6 Å². The molecule has 4 aliphatic rings. The van der Waals surface area contributed by atoms with Crippen LogP contribution in [-0.2, 0) is 14.4 Å². The lowest BCUT2D eigenvalue weighted by Gasteiger charge is -2.32. The summed E-state index contributed by atoms with van der Waals surface area (Å²) in [6.07, 6.45) is 6.50. The molecule has 4 fully saturated rings. The van der Waals surface area contributed by atoms with Crippen LogP contribution >= 0.6 is 31.9 Å². The van der Waals surface area contributed by atoms with Crippen molar-refractivity contribution >= 4 is 49.6 Å². The van der Waals surface area contributed by atoms with Crippen LogP contribution in [0.5, 0.6) is 0 Å². The summed E-state index contributed by atoms with van der Waals surface area (Å²) in [5.41, 5.74) is 0. The Balaban J connectivity index is 1.46. The molecule has 0 unspecified atom stereocenters. The second-order valence-electron chi connectivity index (χ2n) is 8.06. The minimum atomic E-state index is -0.233. The zero-order valence-corrected chi connectivity index (χ0v) is 17.5. The number of nitrogens with zero attached hydrogens (tertiary/aromatic N) is 2. The second kappa shape index (κ2) is 6.63. The zero-order valence-electron chi connectivity index (χ0n) is 14.4. The molecule has 0 aromatic heterocycles. The summed E-state index contributed by atoms with van der Waals surface area (Å²) in [6, 6.07) is 0.253. The first-order valence-corrected chi connectivity index (χ1v) is 11.1. The molecule has 4 rings (SSSR count). The number of likely N-dealkylation sites (N-methyl/N-ethyl adjacent to an activating group) is 1. The Labute approximate surface area is 165 Å². The Hall–Kier alpha value is -0.430. The van der Waals surface area contributed by atoms with Crippen molar-refractivity contribution in [2.24, 2.45) is 23.7 Å². The van der Waals surface area contributed by atoms with Crippen molar-refractivity contribution in [3.8, 4) is 0 Å². The van der Waals surface area contributed by atoms with Crippen LogP contribution < -0.4 is 0 Å². The summed E-state index contributed by atoms with van der Waals surface area (Å²) in [5, 5.41) is 0. The van der Waals surface area contributed by atoms with E-state index >= 15 is 0 Å². The van der Waals surface area contributed by atoms with Gasteiger partial charge >= 0.3 is 0 Å². The van der Waals surface area contributed by atoms with Crippen molar-refractivity contribution in [1.82, 2.24) is 9.80 Å². The molecular formula is C18H24Br2N2O3. The quantitative estimate of drug-likeness (QED) is 0.465. The van der Waals surface area contributed by atoms with E-state index in [9.17, 15) is 14.4 Å². The average Bonchev–Trinajstić information content (AvgIpc) is 3.22. The predicted octanol–water partition coefficient (Wildman–Crippen LogP) is 2.56. The molecule has 1 saturated heterocycles. The highest BCUT2D eigenvalue weighted by Crippen LogP contribution is 2.60. The highest BCUT2D eigenvalue weighted by molar-refractivity contribution is 9.12. The molecule has 2 bridgehead atoms. The van der Waals surface area contributed by atoms with E-state index in [4.69, 9.17) is 0 Å². The van der Waals surface area contributed by atoms with Gasteiger partial charge in [0, 0.05) is 22.7 Å². The van der Waals surface area contributed by atoms with Crippen LogP contribution in [0.25, 0.3) is 0 Å². The summed E-state index contributed by atoms with van der Waals surface area (Å²) in [6.45, 7) is -0.0863. The Morgan fingerprint density at radius 2 is 1.56 bits per heavy atom. The van der Waals surface area contributed by atoms with Crippen LogP contribution in [0.15, 0.2) is 0 Å². The Kier molecular flexibility index (Phi) is 4.76. The fraction of sp³-hybridized carbons (Fsp3) is 0.833. The topological polar surface area (TPSA) is 57.7 Å². The molecule has 5 nitrogen and oxygen atoms in total. The SMILES string of the molecule is CN(C(=O)CN1C(=O)[C@@H]2[C@H]3C[C@@H]([C@@H](Br)[C@H]3Br)[C@H]2C1=O)C1CCCCC1. The van der Waals surface area contributed by atoms with Crippen LogP contribution in [-0.4, -0.2) is 56.8 Å². The van der Waals surface area contributed by atoms with Crippen LogP contribution in [0.3, 0.4) is 0 Å². The third-order valence-corrected chi connectivity index (χ3v) is 10.1. The van der Waals surface area contributed by atoms with Gasteiger partial charge in [-0.1, -0.05) is 51.1 Å². The maximum absolute atomic E-state index is 12.9. The number of rotatable bonds is 3. The van der Waals surface area contributed by atoms with Crippen LogP contribution in [0, 0.1) is 23.7 Å². The van der Waals surface area contributed by atoms with Gasteiger partial charge in [-0.15, -0.1) is 0 Å². The van der Waals surface area contributed by atoms with Crippen molar-refractivity contribution in [3.05, 3.63) is 0 Å². The van der Waals surface area contributed by atoms with Gasteiger partial charge in [-0.3, -0.25) is 19.3 Å². The summed E-state index contributed by atoms with van der Waals surface area (Å²) < 4.78 is 0. The number of likely N-dealkylation sites (tertiary alicyclic amines) is 1. The van der Waals surface area contributed by atoms with E-state index in [1.165, 1.54) is 11.3 Å². The molecule has 0 aromatic rings. The van der Waals surface area contributed by atoms with Gasteiger partial charge in [0.25, 0.3) is 0 Å². The van der Waals surface area contributed by atoms with E-state index in [1.54, 1.807) is 4.90 Å². The first-order valence-electron chi connectivity index (χ1n) is 9.31. The molecular weight excluding hydrogens is 452 g/mol. The van der Waals surface area contributed by atoms with Crippen molar-refractivity contribution in [2.45, 2.75) is 54.2 Å². The minimum Gasteiger partial charge on any atom is -0.341 e. The molecule has 3 saturated carbocycles. The Morgan fingerprint density at radius 1 is 1.04 bits per heavy atom. The fourth-order valence-corrected chi connectivity index (χ4v) is 7.36. The minimum absolute atomic E-state index is 0.0863. The molecule has 0 radical (unpaired) electrons. The van der Waals surface area contributed by atoms with E-state index in [0.29, 0.717) is 0 Å². The molecule has 0 N–H and O–H groups in total. The van der Waals surface area contributed by atoms with Gasteiger partial charge in [-0.25, -0.2) is 0 Å². The third-order valence-electron chi connectivity index (χ3n) is 6.89. The number of alkyl halides is 2. The molecule has 7 heteroatoms. The summed E-state index contributed by atoms with van der Waals surface area (Å²) >= 11 is 7.37. The van der Waals surface area contributed by atoms with Gasteiger partial charge in [0.1, 0.15) is 6.54 Å². The highest BCUT2D eigenvalue weighted by Gasteiger charge is 2.66. The zero-order chi connectivity index (χ0) is 17.9. The van der Waals surface area contributed by atoms with Gasteiger partial charge in [0.15, 0.2) is 0 Å². The third kappa shape index (κ3) is 2.71. The first-order chi connectivity index (χ1) is 11.9. The summed E-state index contributed by atoms with van der Waals surface area (Å²) in [7, 11) is 1.82. The normalized spacial score (nSPS) is 40.7. The monoisotopic (exact) mass is 474 g/mol. The smallest absolute Gasteiger partial charge is 0.242 e. The average molecular weight is 476 g/mol. The van der Waals surface area contributed by atoms with Crippen molar-refractivity contribution in [2.75, 3.05) is 13.6 Å². The lowest BCUT2D eigenvalue weighted by Crippen LogP contribution is -2.46. The first kappa shape index (κ1) is 18.0. The molecule has 138 valence electrons. The Morgan fingerprint density at radius 3 is 2.08 bits per heavy atom. The number of hydrogen-bond donors (Lipinski definition) is 0. The van der Waals surface area contributed by atoms with Crippen LogP contribution in [0.1, 0.15) is 38.5 Å². The van der Waals surface area contributed by atoms with E-state index < -0.39 is 0 Å². The molecule has 25 heavy (non-hydrogen) atoms. The molecule has 0 spiro atoms. The van der Waals surface area contributed by atoms with Gasteiger partial charge in [0.05, 0.1) is 11.8 Å². The molecule has 1 aliphatic heterocycles. The number of hydrogen-bond acceptors (Lipinski definition) is 3. The molecule has 3 aliphatic carbocycles. The maximum atomic E-state index is 12.9. The van der Waals surface area contributed by atoms with Gasteiger partial charge in [-0.2, -0.15) is 0 Å². The number of fused-ring (bicyclic) bond motifs is 5. The Bertz CT molecular complexity index is 575. The molecule has 0 aromatic carbocycles. The van der Waals surface area contributed by atoms with Gasteiger partial charge in [-0.05, 0) is 31.1 Å². The number of carbonyl (C=O) groups is 3. The lowest BCUT2D eigenvalue weighted by atomic mass is 9.81. The van der Waals surface area contributed by atoms with Gasteiger partial charge < -0.3 is 4.90 Å². The van der Waals surface area contributed by atoms with Gasteiger partial charge in [0.2, 0.25) is 17.7 Å². The maximum Gasteiger partial charge on any atom is 0.242 e. The van der Waals surface area contributed by atoms with Crippen molar-refractivity contribution in [1.29, 1.82) is 0 Å². The highest BCUT2D eigenvalue weighted by atomic mass is 79.9. The van der Waals surface area contributed by atoms with E-state index in [2.05, 4.69) is 31.9 Å². The lowest BCUT2D eigenvalue weighted by molar-refractivity contribution is -0.147. The number of carbonyl (C=O) groups excluding carboxylic acids is 3. The fourth-order valence-electron chi connectivity index (χ4n) is 5.49. The predicted molar refractivity (Wildman–Crippen MR) is 100 cm³/mol. The van der Waals surface area contributed by atoms with E-state index in [0.717, 1.165) is 32.1 Å². The summed E-state index contributed by atoms with van der Waals surface area (Å²) in [5.74, 6) is -0.425. The van der Waals surface area contributed by atoms with E-state index in [1.807, 2.05) is 7.05 Å². The number of imide groups is 1. The van der Waals surface area contributed by atoms with Crippen molar-refractivity contribution in [3.63, 3.8) is 0 Å². The summed E-state index contributed by atoms with van der Waals surface area (Å²) in [4.78, 5) is 41.9. The second-order valence-corrected chi connectivity index (χ2v) is 10.2. The standard InChI is InChI=1S/C18H24Br2N2O3/c1-21(9-5-3-2-4-6-9)12(23)8-22-17(24)13-10-7-11(14(13)18(22)25)16(20)15(10)19/h9-11,13-16H,2-8H2,1H3/t10-,11-,13-,14-,15-,16+/m1/s1. The van der Waals surface area contributed by atoms with Crippen molar-refractivity contribution < 1.29 is 14.4 Å². The van der Waals surface area contributed by atoms with Crippen LogP contribution in [0.4, 0.5) is 0 Å². The van der Waals surface area contributed by atoms with Crippen LogP contribution in [0.2, 0.25) is 0 Å². The molecule has 3 amide bonds. The largest absolute Gasteiger partial charge is 0.341 e.